The standard InChI is InChI=1S/C15H17NO2/c1-2-15(10-6-7-11-15)16-14(17)18-12-13-8-4-3-5-9-13/h1,3-5,8-9H,6-7,10-12H2,(H,16,17). The van der Waals surface area contributed by atoms with Crippen molar-refractivity contribution >= 4 is 6.09 Å². The minimum Gasteiger partial charge on any atom is -0.445 e. The van der Waals surface area contributed by atoms with Crippen molar-refractivity contribution in [3.8, 4) is 12.3 Å². The van der Waals surface area contributed by atoms with Gasteiger partial charge in [0.15, 0.2) is 0 Å². The summed E-state index contributed by atoms with van der Waals surface area (Å²) >= 11 is 0. The first kappa shape index (κ1) is 12.5. The Labute approximate surface area is 108 Å². The van der Waals surface area contributed by atoms with Gasteiger partial charge in [0.2, 0.25) is 0 Å². The van der Waals surface area contributed by atoms with Gasteiger partial charge in [-0.1, -0.05) is 36.3 Å². The Morgan fingerprint density at radius 3 is 2.61 bits per heavy atom. The molecule has 1 amide bonds. The van der Waals surface area contributed by atoms with Crippen LogP contribution in [0.3, 0.4) is 0 Å². The highest BCUT2D eigenvalue weighted by atomic mass is 16.5. The van der Waals surface area contributed by atoms with Gasteiger partial charge in [-0.15, -0.1) is 6.42 Å². The molecule has 0 saturated heterocycles. The van der Waals surface area contributed by atoms with E-state index in [0.29, 0.717) is 0 Å². The summed E-state index contributed by atoms with van der Waals surface area (Å²) in [7, 11) is 0. The Morgan fingerprint density at radius 2 is 2.00 bits per heavy atom. The zero-order chi connectivity index (χ0) is 12.8. The maximum atomic E-state index is 11.7. The number of ether oxygens (including phenoxy) is 1. The first-order valence-corrected chi connectivity index (χ1v) is 6.21. The van der Waals surface area contributed by atoms with Gasteiger partial charge in [-0.3, -0.25) is 0 Å². The lowest BCUT2D eigenvalue weighted by Crippen LogP contribution is -2.45. The van der Waals surface area contributed by atoms with E-state index >= 15 is 0 Å². The molecule has 1 saturated carbocycles. The van der Waals surface area contributed by atoms with Crippen LogP contribution in [0.15, 0.2) is 30.3 Å². The summed E-state index contributed by atoms with van der Waals surface area (Å²) < 4.78 is 5.17. The van der Waals surface area contributed by atoms with Crippen LogP contribution in [0.2, 0.25) is 0 Å². The minimum atomic E-state index is -0.492. The fourth-order valence-corrected chi connectivity index (χ4v) is 2.24. The average Bonchev–Trinajstić information content (AvgIpc) is 2.87. The molecular formula is C15H17NO2. The van der Waals surface area contributed by atoms with E-state index < -0.39 is 11.6 Å². The normalized spacial score (nSPS) is 16.8. The molecule has 0 unspecified atom stereocenters. The molecule has 1 fully saturated rings. The molecule has 0 aromatic heterocycles. The van der Waals surface area contributed by atoms with Crippen molar-refractivity contribution in [3.05, 3.63) is 35.9 Å². The molecule has 0 spiro atoms. The molecule has 1 aromatic carbocycles. The Balaban J connectivity index is 1.84. The fourth-order valence-electron chi connectivity index (χ4n) is 2.24. The lowest BCUT2D eigenvalue weighted by Gasteiger charge is -2.23. The molecule has 1 N–H and O–H groups in total. The molecule has 0 aliphatic heterocycles. The summed E-state index contributed by atoms with van der Waals surface area (Å²) in [6.07, 6.45) is 8.86. The van der Waals surface area contributed by atoms with Gasteiger partial charge in [0.05, 0.1) is 0 Å². The second kappa shape index (κ2) is 5.59. The maximum absolute atomic E-state index is 11.7. The molecule has 3 heteroatoms. The summed E-state index contributed by atoms with van der Waals surface area (Å²) in [5.74, 6) is 2.69. The van der Waals surface area contributed by atoms with Crippen LogP contribution in [0, 0.1) is 12.3 Å². The number of nitrogens with one attached hydrogen (secondary N) is 1. The number of alkyl carbamates (subject to hydrolysis) is 1. The number of amides is 1. The van der Waals surface area contributed by atoms with Gasteiger partial charge in [-0.05, 0) is 31.2 Å². The molecule has 1 aliphatic carbocycles. The lowest BCUT2D eigenvalue weighted by molar-refractivity contribution is 0.131. The number of carbonyl (C=O) groups excluding carboxylic acids is 1. The van der Waals surface area contributed by atoms with Crippen molar-refractivity contribution in [1.82, 2.24) is 5.32 Å². The van der Waals surface area contributed by atoms with Crippen LogP contribution < -0.4 is 5.32 Å². The summed E-state index contributed by atoms with van der Waals surface area (Å²) in [5, 5.41) is 2.82. The lowest BCUT2D eigenvalue weighted by atomic mass is 9.99. The number of terminal acetylenes is 1. The van der Waals surface area contributed by atoms with E-state index in [-0.39, 0.29) is 6.61 Å². The third kappa shape index (κ3) is 3.04. The molecule has 0 bridgehead atoms. The highest BCUT2D eigenvalue weighted by molar-refractivity contribution is 5.69. The first-order valence-electron chi connectivity index (χ1n) is 6.21. The second-order valence-corrected chi connectivity index (χ2v) is 4.62. The van der Waals surface area contributed by atoms with Gasteiger partial charge in [0.1, 0.15) is 12.1 Å². The SMILES string of the molecule is C#CC1(NC(=O)OCc2ccccc2)CCCC1. The van der Waals surface area contributed by atoms with Crippen LogP contribution in [0.1, 0.15) is 31.2 Å². The van der Waals surface area contributed by atoms with Crippen molar-refractivity contribution in [2.45, 2.75) is 37.8 Å². The Kier molecular flexibility index (Phi) is 3.88. The Bertz CT molecular complexity index is 441. The van der Waals surface area contributed by atoms with Crippen molar-refractivity contribution in [1.29, 1.82) is 0 Å². The predicted molar refractivity (Wildman–Crippen MR) is 69.8 cm³/mol. The first-order chi connectivity index (χ1) is 8.74. The fraction of sp³-hybridized carbons (Fsp3) is 0.400. The number of rotatable bonds is 3. The van der Waals surface area contributed by atoms with Gasteiger partial charge in [0.25, 0.3) is 0 Å². The van der Waals surface area contributed by atoms with E-state index in [2.05, 4.69) is 11.2 Å². The molecule has 2 rings (SSSR count). The highest BCUT2D eigenvalue weighted by Crippen LogP contribution is 2.28. The van der Waals surface area contributed by atoms with Gasteiger partial charge in [-0.2, -0.15) is 0 Å². The van der Waals surface area contributed by atoms with Crippen LogP contribution in [0.5, 0.6) is 0 Å². The summed E-state index contributed by atoms with van der Waals surface area (Å²) in [4.78, 5) is 11.7. The number of hydrogen-bond donors (Lipinski definition) is 1. The predicted octanol–water partition coefficient (Wildman–Crippen LogP) is 2.86. The molecular weight excluding hydrogens is 226 g/mol. The smallest absolute Gasteiger partial charge is 0.408 e. The number of benzene rings is 1. The minimum absolute atomic E-state index is 0.271. The van der Waals surface area contributed by atoms with Crippen LogP contribution in [0.4, 0.5) is 4.79 Å². The van der Waals surface area contributed by atoms with Gasteiger partial charge >= 0.3 is 6.09 Å². The van der Waals surface area contributed by atoms with Crippen molar-refractivity contribution in [3.63, 3.8) is 0 Å². The zero-order valence-corrected chi connectivity index (χ0v) is 10.3. The van der Waals surface area contributed by atoms with Gasteiger partial charge < -0.3 is 10.1 Å². The third-order valence-electron chi connectivity index (χ3n) is 3.29. The van der Waals surface area contributed by atoms with E-state index in [1.807, 2.05) is 30.3 Å². The molecule has 1 aliphatic rings. The molecule has 0 radical (unpaired) electrons. The van der Waals surface area contributed by atoms with E-state index in [9.17, 15) is 4.79 Å². The summed E-state index contributed by atoms with van der Waals surface area (Å²) in [6, 6.07) is 9.59. The largest absolute Gasteiger partial charge is 0.445 e. The topological polar surface area (TPSA) is 38.3 Å². The Morgan fingerprint density at radius 1 is 1.33 bits per heavy atom. The average molecular weight is 243 g/mol. The van der Waals surface area contributed by atoms with Crippen molar-refractivity contribution in [2.24, 2.45) is 0 Å². The van der Waals surface area contributed by atoms with Crippen LogP contribution in [-0.4, -0.2) is 11.6 Å². The Hall–Kier alpha value is -1.95. The van der Waals surface area contributed by atoms with Crippen LogP contribution in [-0.2, 0) is 11.3 Å². The van der Waals surface area contributed by atoms with Crippen LogP contribution >= 0.6 is 0 Å². The third-order valence-corrected chi connectivity index (χ3v) is 3.29. The summed E-state index contributed by atoms with van der Waals surface area (Å²) in [6.45, 7) is 0.271. The quantitative estimate of drug-likeness (QED) is 0.829. The second-order valence-electron chi connectivity index (χ2n) is 4.62. The maximum Gasteiger partial charge on any atom is 0.408 e. The number of carbonyl (C=O) groups is 1. The molecule has 3 nitrogen and oxygen atoms in total. The van der Waals surface area contributed by atoms with Gasteiger partial charge in [0, 0.05) is 0 Å². The van der Waals surface area contributed by atoms with E-state index in [4.69, 9.17) is 11.2 Å². The van der Waals surface area contributed by atoms with Gasteiger partial charge in [-0.25, -0.2) is 4.79 Å². The highest BCUT2D eigenvalue weighted by Gasteiger charge is 2.33. The molecule has 1 aromatic rings. The van der Waals surface area contributed by atoms with E-state index in [1.165, 1.54) is 0 Å². The molecule has 0 atom stereocenters. The molecule has 94 valence electrons. The van der Waals surface area contributed by atoms with Crippen molar-refractivity contribution in [2.75, 3.05) is 0 Å². The van der Waals surface area contributed by atoms with E-state index in [1.54, 1.807) is 0 Å². The monoisotopic (exact) mass is 243 g/mol. The molecule has 0 heterocycles. The molecule has 18 heavy (non-hydrogen) atoms. The van der Waals surface area contributed by atoms with Crippen molar-refractivity contribution < 1.29 is 9.53 Å². The van der Waals surface area contributed by atoms with E-state index in [0.717, 1.165) is 31.2 Å². The summed E-state index contributed by atoms with van der Waals surface area (Å²) in [5.41, 5.74) is 0.474. The van der Waals surface area contributed by atoms with Crippen LogP contribution in [0.25, 0.3) is 0 Å². The number of hydrogen-bond acceptors (Lipinski definition) is 2. The zero-order valence-electron chi connectivity index (χ0n) is 10.3.